The fraction of sp³-hybridized carbons (Fsp3) is 0.467. The van der Waals surface area contributed by atoms with Gasteiger partial charge in [0, 0.05) is 0 Å². The SMILES string of the molecule is CC(NC(=O)C1C2C=CC(C2)C1C(=O)O)c1ccsc1. The maximum absolute atomic E-state index is 12.5. The molecule has 0 saturated heterocycles. The van der Waals surface area contributed by atoms with E-state index in [4.69, 9.17) is 0 Å². The Morgan fingerprint density at radius 1 is 1.35 bits per heavy atom. The molecule has 2 N–H and O–H groups in total. The van der Waals surface area contributed by atoms with Crippen LogP contribution in [-0.2, 0) is 9.59 Å². The molecule has 1 fully saturated rings. The van der Waals surface area contributed by atoms with E-state index in [-0.39, 0.29) is 23.8 Å². The third kappa shape index (κ3) is 2.16. The van der Waals surface area contributed by atoms with E-state index in [9.17, 15) is 14.7 Å². The molecule has 1 saturated carbocycles. The third-order valence-corrected chi connectivity index (χ3v) is 5.15. The van der Waals surface area contributed by atoms with Crippen molar-refractivity contribution in [2.24, 2.45) is 23.7 Å². The maximum atomic E-state index is 12.5. The molecule has 5 heteroatoms. The van der Waals surface area contributed by atoms with E-state index < -0.39 is 17.8 Å². The predicted molar refractivity (Wildman–Crippen MR) is 76.2 cm³/mol. The smallest absolute Gasteiger partial charge is 0.307 e. The first kappa shape index (κ1) is 13.4. The van der Waals surface area contributed by atoms with Crippen molar-refractivity contribution >= 4 is 23.2 Å². The summed E-state index contributed by atoms with van der Waals surface area (Å²) in [5, 5.41) is 16.3. The van der Waals surface area contributed by atoms with Crippen LogP contribution >= 0.6 is 11.3 Å². The standard InChI is InChI=1S/C15H17NO3S/c1-8(11-4-5-20-7-11)16-14(17)12-9-2-3-10(6-9)13(12)15(18)19/h2-5,7-10,12-13H,6H2,1H3,(H,16,17)(H,18,19). The van der Waals surface area contributed by atoms with Gasteiger partial charge in [-0.25, -0.2) is 0 Å². The molecule has 5 atom stereocenters. The van der Waals surface area contributed by atoms with Gasteiger partial charge in [-0.2, -0.15) is 11.3 Å². The highest BCUT2D eigenvalue weighted by atomic mass is 32.1. The lowest BCUT2D eigenvalue weighted by Gasteiger charge is -2.25. The van der Waals surface area contributed by atoms with Crippen molar-refractivity contribution in [3.8, 4) is 0 Å². The number of carbonyl (C=O) groups excluding carboxylic acids is 1. The summed E-state index contributed by atoms with van der Waals surface area (Å²) in [6.45, 7) is 1.93. The summed E-state index contributed by atoms with van der Waals surface area (Å²) in [4.78, 5) is 23.9. The number of nitrogens with one attached hydrogen (secondary N) is 1. The number of carboxylic acids is 1. The number of hydrogen-bond donors (Lipinski definition) is 2. The minimum atomic E-state index is -0.856. The number of aliphatic carboxylic acids is 1. The number of hydrogen-bond acceptors (Lipinski definition) is 3. The van der Waals surface area contributed by atoms with Crippen molar-refractivity contribution in [2.45, 2.75) is 19.4 Å². The molecule has 0 aliphatic heterocycles. The number of carbonyl (C=O) groups is 2. The Bertz CT molecular complexity index is 551. The topological polar surface area (TPSA) is 66.4 Å². The van der Waals surface area contributed by atoms with Crippen molar-refractivity contribution < 1.29 is 14.7 Å². The number of thiophene rings is 1. The average Bonchev–Trinajstić information content (AvgIpc) is 3.13. The highest BCUT2D eigenvalue weighted by molar-refractivity contribution is 7.07. The van der Waals surface area contributed by atoms with Gasteiger partial charge in [-0.1, -0.05) is 12.2 Å². The molecular weight excluding hydrogens is 274 g/mol. The molecule has 2 aliphatic carbocycles. The van der Waals surface area contributed by atoms with Gasteiger partial charge in [0.05, 0.1) is 17.9 Å². The van der Waals surface area contributed by atoms with Gasteiger partial charge in [-0.05, 0) is 47.6 Å². The van der Waals surface area contributed by atoms with Crippen molar-refractivity contribution in [1.82, 2.24) is 5.32 Å². The molecule has 1 heterocycles. The first-order chi connectivity index (χ1) is 9.58. The normalized spacial score (nSPS) is 32.2. The Morgan fingerprint density at radius 2 is 2.05 bits per heavy atom. The molecule has 5 unspecified atom stereocenters. The van der Waals surface area contributed by atoms with E-state index >= 15 is 0 Å². The van der Waals surface area contributed by atoms with Crippen LogP contribution in [0.4, 0.5) is 0 Å². The van der Waals surface area contributed by atoms with Gasteiger partial charge < -0.3 is 10.4 Å². The molecule has 2 bridgehead atoms. The minimum absolute atomic E-state index is 0.0182. The number of fused-ring (bicyclic) bond motifs is 2. The van der Waals surface area contributed by atoms with Crippen LogP contribution in [0, 0.1) is 23.7 Å². The van der Waals surface area contributed by atoms with E-state index in [0.29, 0.717) is 0 Å². The van der Waals surface area contributed by atoms with Gasteiger partial charge in [0.15, 0.2) is 0 Å². The Balaban J connectivity index is 1.73. The largest absolute Gasteiger partial charge is 0.481 e. The van der Waals surface area contributed by atoms with Gasteiger partial charge in [-0.3, -0.25) is 9.59 Å². The highest BCUT2D eigenvalue weighted by Crippen LogP contribution is 2.48. The Kier molecular flexibility index (Phi) is 3.38. The van der Waals surface area contributed by atoms with Crippen LogP contribution in [0.5, 0.6) is 0 Å². The molecule has 1 amide bonds. The molecule has 2 aliphatic rings. The Hall–Kier alpha value is -1.62. The van der Waals surface area contributed by atoms with Crippen LogP contribution in [0.15, 0.2) is 29.0 Å². The van der Waals surface area contributed by atoms with Crippen LogP contribution in [0.3, 0.4) is 0 Å². The van der Waals surface area contributed by atoms with Gasteiger partial charge >= 0.3 is 5.97 Å². The number of rotatable bonds is 4. The molecular formula is C15H17NO3S. The zero-order valence-electron chi connectivity index (χ0n) is 11.2. The highest BCUT2D eigenvalue weighted by Gasteiger charge is 2.51. The van der Waals surface area contributed by atoms with E-state index in [1.807, 2.05) is 35.9 Å². The minimum Gasteiger partial charge on any atom is -0.481 e. The van der Waals surface area contributed by atoms with E-state index in [0.717, 1.165) is 12.0 Å². The summed E-state index contributed by atoms with van der Waals surface area (Å²) < 4.78 is 0. The monoisotopic (exact) mass is 291 g/mol. The zero-order chi connectivity index (χ0) is 14.3. The second-order valence-corrected chi connectivity index (χ2v) is 6.41. The van der Waals surface area contributed by atoms with Crippen molar-refractivity contribution in [1.29, 1.82) is 0 Å². The number of allylic oxidation sites excluding steroid dienone is 2. The summed E-state index contributed by atoms with van der Waals surface area (Å²) >= 11 is 1.59. The fourth-order valence-corrected chi connectivity index (χ4v) is 4.18. The molecule has 3 rings (SSSR count). The lowest BCUT2D eigenvalue weighted by atomic mass is 9.82. The summed E-state index contributed by atoms with van der Waals surface area (Å²) in [7, 11) is 0. The first-order valence-corrected chi connectivity index (χ1v) is 7.76. The molecule has 4 nitrogen and oxygen atoms in total. The molecule has 0 radical (unpaired) electrons. The summed E-state index contributed by atoms with van der Waals surface area (Å²) in [6.07, 6.45) is 4.75. The molecule has 106 valence electrons. The summed E-state index contributed by atoms with van der Waals surface area (Å²) in [5.74, 6) is -1.89. The van der Waals surface area contributed by atoms with Gasteiger partial charge in [0.25, 0.3) is 0 Å². The van der Waals surface area contributed by atoms with Crippen molar-refractivity contribution in [2.75, 3.05) is 0 Å². The Labute approximate surface area is 121 Å². The van der Waals surface area contributed by atoms with Crippen LogP contribution < -0.4 is 5.32 Å². The van der Waals surface area contributed by atoms with Crippen molar-refractivity contribution in [3.05, 3.63) is 34.5 Å². The van der Waals surface area contributed by atoms with Crippen LogP contribution in [0.1, 0.15) is 24.9 Å². The second kappa shape index (κ2) is 5.05. The molecule has 0 aromatic carbocycles. The van der Waals surface area contributed by atoms with Crippen LogP contribution in [0.25, 0.3) is 0 Å². The molecule has 0 spiro atoms. The summed E-state index contributed by atoms with van der Waals surface area (Å²) in [5.41, 5.74) is 1.06. The van der Waals surface area contributed by atoms with Gasteiger partial charge in [0.2, 0.25) is 5.91 Å². The quantitative estimate of drug-likeness (QED) is 0.837. The van der Waals surface area contributed by atoms with Crippen LogP contribution in [-0.4, -0.2) is 17.0 Å². The van der Waals surface area contributed by atoms with E-state index in [2.05, 4.69) is 5.32 Å². The number of amides is 1. The van der Waals surface area contributed by atoms with E-state index in [1.54, 1.807) is 11.3 Å². The fourth-order valence-electron chi connectivity index (χ4n) is 3.43. The van der Waals surface area contributed by atoms with E-state index in [1.165, 1.54) is 0 Å². The van der Waals surface area contributed by atoms with Crippen molar-refractivity contribution in [3.63, 3.8) is 0 Å². The Morgan fingerprint density at radius 3 is 2.65 bits per heavy atom. The zero-order valence-corrected chi connectivity index (χ0v) is 12.0. The molecule has 1 aromatic rings. The lowest BCUT2D eigenvalue weighted by Crippen LogP contribution is -2.41. The predicted octanol–water partition coefficient (Wildman–Crippen LogP) is 2.45. The average molecular weight is 291 g/mol. The first-order valence-electron chi connectivity index (χ1n) is 6.81. The van der Waals surface area contributed by atoms with Gasteiger partial charge in [0.1, 0.15) is 0 Å². The third-order valence-electron chi connectivity index (χ3n) is 4.45. The second-order valence-electron chi connectivity index (χ2n) is 5.63. The number of carboxylic acid groups (broad SMARTS) is 1. The molecule has 20 heavy (non-hydrogen) atoms. The van der Waals surface area contributed by atoms with Gasteiger partial charge in [-0.15, -0.1) is 0 Å². The lowest BCUT2D eigenvalue weighted by molar-refractivity contribution is -0.148. The van der Waals surface area contributed by atoms with Crippen LogP contribution in [0.2, 0.25) is 0 Å². The summed E-state index contributed by atoms with van der Waals surface area (Å²) in [6, 6.07) is 1.90. The molecule has 1 aromatic heterocycles. The maximum Gasteiger partial charge on any atom is 0.307 e.